The number of piperidine rings is 1. The molecule has 29 heavy (non-hydrogen) atoms. The van der Waals surface area contributed by atoms with E-state index < -0.39 is 11.7 Å². The lowest BCUT2D eigenvalue weighted by Gasteiger charge is -2.31. The van der Waals surface area contributed by atoms with Gasteiger partial charge in [-0.1, -0.05) is 12.1 Å². The second kappa shape index (κ2) is 10.0. The van der Waals surface area contributed by atoms with E-state index in [0.29, 0.717) is 25.9 Å². The molecule has 0 aromatic heterocycles. The molecule has 3 amide bonds. The fourth-order valence-corrected chi connectivity index (χ4v) is 2.84. The largest absolute Gasteiger partial charge is 0.444 e. The van der Waals surface area contributed by atoms with Crippen molar-refractivity contribution >= 4 is 24.0 Å². The van der Waals surface area contributed by atoms with Crippen molar-refractivity contribution in [1.29, 1.82) is 0 Å². The van der Waals surface area contributed by atoms with Gasteiger partial charge in [0.25, 0.3) is 0 Å². The zero-order valence-corrected chi connectivity index (χ0v) is 17.0. The van der Waals surface area contributed by atoms with Gasteiger partial charge in [-0.25, -0.2) is 9.18 Å². The Hall–Kier alpha value is -2.90. The van der Waals surface area contributed by atoms with Crippen LogP contribution in [-0.4, -0.2) is 54.1 Å². The average Bonchev–Trinajstić information content (AvgIpc) is 2.65. The summed E-state index contributed by atoms with van der Waals surface area (Å²) in [7, 11) is 0. The van der Waals surface area contributed by atoms with Gasteiger partial charge < -0.3 is 20.3 Å². The first-order valence-electron chi connectivity index (χ1n) is 9.61. The third-order valence-electron chi connectivity index (χ3n) is 4.25. The number of benzene rings is 1. The minimum absolute atomic E-state index is 0.0481. The Balaban J connectivity index is 1.70. The Morgan fingerprint density at radius 1 is 1.17 bits per heavy atom. The molecular formula is C21H28FN3O4. The van der Waals surface area contributed by atoms with Gasteiger partial charge in [0.1, 0.15) is 18.0 Å². The van der Waals surface area contributed by atoms with Crippen LogP contribution < -0.4 is 10.6 Å². The monoisotopic (exact) mass is 405 g/mol. The van der Waals surface area contributed by atoms with Crippen LogP contribution in [0.2, 0.25) is 0 Å². The second-order valence-electron chi connectivity index (χ2n) is 7.91. The molecule has 0 aliphatic carbocycles. The summed E-state index contributed by atoms with van der Waals surface area (Å²) in [6, 6.07) is 5.85. The molecule has 0 unspecified atom stereocenters. The molecule has 1 fully saturated rings. The lowest BCUT2D eigenvalue weighted by atomic mass is 10.0. The van der Waals surface area contributed by atoms with Crippen LogP contribution in [0.3, 0.4) is 0 Å². The lowest BCUT2D eigenvalue weighted by molar-refractivity contribution is -0.127. The van der Waals surface area contributed by atoms with Crippen LogP contribution >= 0.6 is 0 Å². The van der Waals surface area contributed by atoms with Gasteiger partial charge in [-0.2, -0.15) is 0 Å². The maximum Gasteiger partial charge on any atom is 0.408 e. The molecule has 2 N–H and O–H groups in total. The van der Waals surface area contributed by atoms with Crippen molar-refractivity contribution in [1.82, 2.24) is 15.5 Å². The number of hydrogen-bond donors (Lipinski definition) is 2. The predicted molar refractivity (Wildman–Crippen MR) is 107 cm³/mol. The van der Waals surface area contributed by atoms with Crippen molar-refractivity contribution in [2.45, 2.75) is 45.3 Å². The molecule has 0 radical (unpaired) electrons. The number of nitrogens with one attached hydrogen (secondary N) is 2. The van der Waals surface area contributed by atoms with Crippen molar-refractivity contribution in [3.8, 4) is 0 Å². The van der Waals surface area contributed by atoms with E-state index in [1.807, 2.05) is 0 Å². The normalized spacial score (nSPS) is 15.2. The molecule has 0 bridgehead atoms. The summed E-state index contributed by atoms with van der Waals surface area (Å²) in [5.41, 5.74) is 0.129. The van der Waals surface area contributed by atoms with Gasteiger partial charge in [0.2, 0.25) is 11.8 Å². The summed E-state index contributed by atoms with van der Waals surface area (Å²) in [6.07, 6.45) is 3.75. The van der Waals surface area contributed by atoms with Gasteiger partial charge in [0.05, 0.1) is 0 Å². The third-order valence-corrected chi connectivity index (χ3v) is 4.25. The first-order valence-corrected chi connectivity index (χ1v) is 9.61. The summed E-state index contributed by atoms with van der Waals surface area (Å²) in [5.74, 6) is -0.735. The van der Waals surface area contributed by atoms with Crippen LogP contribution in [0.15, 0.2) is 30.3 Å². The van der Waals surface area contributed by atoms with E-state index in [4.69, 9.17) is 4.74 Å². The first-order chi connectivity index (χ1) is 13.6. The molecule has 1 saturated heterocycles. The highest BCUT2D eigenvalue weighted by Gasteiger charge is 2.23. The van der Waals surface area contributed by atoms with Gasteiger partial charge in [-0.3, -0.25) is 9.59 Å². The van der Waals surface area contributed by atoms with Crippen LogP contribution in [-0.2, 0) is 14.3 Å². The van der Waals surface area contributed by atoms with E-state index in [9.17, 15) is 18.8 Å². The minimum Gasteiger partial charge on any atom is -0.444 e. The van der Waals surface area contributed by atoms with Gasteiger partial charge in [0, 0.05) is 25.2 Å². The van der Waals surface area contributed by atoms with Crippen molar-refractivity contribution in [3.63, 3.8) is 0 Å². The maximum absolute atomic E-state index is 12.9. The predicted octanol–water partition coefficient (Wildman–Crippen LogP) is 2.47. The summed E-state index contributed by atoms with van der Waals surface area (Å²) in [5, 5.41) is 5.28. The Labute approximate surface area is 170 Å². The molecule has 1 aliphatic rings. The molecule has 1 aromatic carbocycles. The number of ether oxygens (including phenoxy) is 1. The standard InChI is InChI=1S/C21H28FN3O4/c1-21(2,3)29-20(28)23-14-18(26)24-17-10-12-25(13-11-17)19(27)9-6-15-4-7-16(22)8-5-15/h4-9,17H,10-14H2,1-3H3,(H,23,28)(H,24,26)/b9-6+. The van der Waals surface area contributed by atoms with E-state index >= 15 is 0 Å². The summed E-state index contributed by atoms with van der Waals surface area (Å²) < 4.78 is 18.0. The topological polar surface area (TPSA) is 87.7 Å². The maximum atomic E-state index is 12.9. The van der Waals surface area contributed by atoms with Crippen LogP contribution in [0, 0.1) is 5.82 Å². The molecular weight excluding hydrogens is 377 g/mol. The Bertz CT molecular complexity index is 748. The van der Waals surface area contributed by atoms with Crippen LogP contribution in [0.1, 0.15) is 39.2 Å². The fourth-order valence-electron chi connectivity index (χ4n) is 2.84. The summed E-state index contributed by atoms with van der Waals surface area (Å²) in [6.45, 7) is 6.13. The van der Waals surface area contributed by atoms with Crippen molar-refractivity contribution < 1.29 is 23.5 Å². The zero-order chi connectivity index (χ0) is 21.4. The van der Waals surface area contributed by atoms with Gasteiger partial charge in [-0.15, -0.1) is 0 Å². The molecule has 0 atom stereocenters. The third kappa shape index (κ3) is 8.33. The highest BCUT2D eigenvalue weighted by molar-refractivity contribution is 5.91. The number of halogens is 1. The van der Waals surface area contributed by atoms with Crippen LogP contribution in [0.5, 0.6) is 0 Å². The highest BCUT2D eigenvalue weighted by atomic mass is 19.1. The molecule has 1 aliphatic heterocycles. The van der Waals surface area contributed by atoms with Gasteiger partial charge in [-0.05, 0) is 57.4 Å². The van der Waals surface area contributed by atoms with E-state index in [1.165, 1.54) is 18.2 Å². The Morgan fingerprint density at radius 2 is 1.79 bits per heavy atom. The number of alkyl carbamates (subject to hydrolysis) is 1. The number of carbonyl (C=O) groups is 3. The van der Waals surface area contributed by atoms with Crippen molar-refractivity contribution in [2.75, 3.05) is 19.6 Å². The van der Waals surface area contributed by atoms with Crippen LogP contribution in [0.25, 0.3) is 6.08 Å². The van der Waals surface area contributed by atoms with Crippen molar-refractivity contribution in [3.05, 3.63) is 41.7 Å². The minimum atomic E-state index is -0.638. The van der Waals surface area contributed by atoms with Crippen molar-refractivity contribution in [2.24, 2.45) is 0 Å². The highest BCUT2D eigenvalue weighted by Crippen LogP contribution is 2.12. The molecule has 158 valence electrons. The number of likely N-dealkylation sites (tertiary alicyclic amines) is 1. The van der Waals surface area contributed by atoms with E-state index in [2.05, 4.69) is 10.6 Å². The molecule has 0 spiro atoms. The van der Waals surface area contributed by atoms with E-state index in [-0.39, 0.29) is 30.2 Å². The quantitative estimate of drug-likeness (QED) is 0.737. The fraction of sp³-hybridized carbons (Fsp3) is 0.476. The van der Waals surface area contributed by atoms with Crippen LogP contribution in [0.4, 0.5) is 9.18 Å². The smallest absolute Gasteiger partial charge is 0.408 e. The van der Waals surface area contributed by atoms with Gasteiger partial charge >= 0.3 is 6.09 Å². The summed E-state index contributed by atoms with van der Waals surface area (Å²) >= 11 is 0. The molecule has 0 saturated carbocycles. The van der Waals surface area contributed by atoms with Gasteiger partial charge in [0.15, 0.2) is 0 Å². The zero-order valence-electron chi connectivity index (χ0n) is 17.0. The Morgan fingerprint density at radius 3 is 2.38 bits per heavy atom. The lowest BCUT2D eigenvalue weighted by Crippen LogP contribution is -2.48. The SMILES string of the molecule is CC(C)(C)OC(=O)NCC(=O)NC1CCN(C(=O)/C=C/c2ccc(F)cc2)CC1. The second-order valence-corrected chi connectivity index (χ2v) is 7.91. The molecule has 2 rings (SSSR count). The first kappa shape index (κ1) is 22.4. The van der Waals surface area contributed by atoms with E-state index in [0.717, 1.165) is 5.56 Å². The molecule has 1 aromatic rings. The van der Waals surface area contributed by atoms with E-state index in [1.54, 1.807) is 43.9 Å². The number of amides is 3. The number of hydrogen-bond acceptors (Lipinski definition) is 4. The molecule has 1 heterocycles. The number of carbonyl (C=O) groups excluding carboxylic acids is 3. The molecule has 7 nitrogen and oxygen atoms in total. The summed E-state index contributed by atoms with van der Waals surface area (Å²) in [4.78, 5) is 37.5. The molecule has 8 heteroatoms. The number of nitrogens with zero attached hydrogens (tertiary/aromatic N) is 1. The number of rotatable bonds is 5. The Kier molecular flexibility index (Phi) is 7.75. The average molecular weight is 405 g/mol.